The van der Waals surface area contributed by atoms with Crippen LogP contribution in [0.3, 0.4) is 0 Å². The molecule has 1 saturated heterocycles. The lowest BCUT2D eigenvalue weighted by Gasteiger charge is -2.31. The molecule has 0 bridgehead atoms. The summed E-state index contributed by atoms with van der Waals surface area (Å²) in [6.45, 7) is 11.2. The number of rotatable bonds is 2. The highest BCUT2D eigenvalue weighted by atomic mass is 15.2. The zero-order valence-electron chi connectivity index (χ0n) is 10.6. The molecular formula is C14H24N2. The van der Waals surface area contributed by atoms with Crippen molar-refractivity contribution in [3.63, 3.8) is 0 Å². The lowest BCUT2D eigenvalue weighted by atomic mass is 9.99. The van der Waals surface area contributed by atoms with Gasteiger partial charge >= 0.3 is 0 Å². The molecule has 1 fully saturated rings. The number of nitrogens with zero attached hydrogens (tertiary/aromatic N) is 1. The van der Waals surface area contributed by atoms with Crippen LogP contribution < -0.4 is 10.2 Å². The van der Waals surface area contributed by atoms with Gasteiger partial charge in [-0.05, 0) is 43.0 Å². The SMILES string of the molecule is CCc1ccc(N2CCNCC2)c(C)c1C.[HH]. The zero-order chi connectivity index (χ0) is 11.5. The molecule has 0 aromatic heterocycles. The monoisotopic (exact) mass is 220 g/mol. The minimum absolute atomic E-state index is 0. The summed E-state index contributed by atoms with van der Waals surface area (Å²) in [6, 6.07) is 4.59. The van der Waals surface area contributed by atoms with E-state index in [1.807, 2.05) is 0 Å². The van der Waals surface area contributed by atoms with Crippen molar-refractivity contribution in [2.45, 2.75) is 27.2 Å². The number of benzene rings is 1. The zero-order valence-corrected chi connectivity index (χ0v) is 10.6. The van der Waals surface area contributed by atoms with Crippen molar-refractivity contribution in [3.05, 3.63) is 28.8 Å². The van der Waals surface area contributed by atoms with Crippen LogP contribution in [0.1, 0.15) is 25.0 Å². The van der Waals surface area contributed by atoms with E-state index in [-0.39, 0.29) is 1.43 Å². The van der Waals surface area contributed by atoms with Crippen LogP contribution in [0.2, 0.25) is 0 Å². The minimum atomic E-state index is 0. The van der Waals surface area contributed by atoms with E-state index in [9.17, 15) is 0 Å². The van der Waals surface area contributed by atoms with Crippen molar-refractivity contribution in [2.75, 3.05) is 31.1 Å². The molecule has 1 aromatic rings. The van der Waals surface area contributed by atoms with Gasteiger partial charge in [0.25, 0.3) is 0 Å². The van der Waals surface area contributed by atoms with E-state index in [1.54, 1.807) is 0 Å². The molecule has 1 aliphatic rings. The van der Waals surface area contributed by atoms with E-state index >= 15 is 0 Å². The van der Waals surface area contributed by atoms with Crippen LogP contribution >= 0.6 is 0 Å². The van der Waals surface area contributed by atoms with Crippen molar-refractivity contribution in [2.24, 2.45) is 0 Å². The molecule has 2 heteroatoms. The summed E-state index contributed by atoms with van der Waals surface area (Å²) in [5.74, 6) is 0. The number of hydrogen-bond donors (Lipinski definition) is 1. The summed E-state index contributed by atoms with van der Waals surface area (Å²) >= 11 is 0. The maximum atomic E-state index is 3.40. The fraction of sp³-hybridized carbons (Fsp3) is 0.571. The molecule has 90 valence electrons. The smallest absolute Gasteiger partial charge is 0.0399 e. The van der Waals surface area contributed by atoms with Gasteiger partial charge in [0.15, 0.2) is 0 Å². The van der Waals surface area contributed by atoms with E-state index in [0.29, 0.717) is 0 Å². The molecule has 1 aliphatic heterocycles. The standard InChI is InChI=1S/C14H22N2.H2/c1-4-13-5-6-14(12(3)11(13)2)16-9-7-15-8-10-16;/h5-6,15H,4,7-10H2,1-3H3;1H. The highest BCUT2D eigenvalue weighted by Crippen LogP contribution is 2.26. The Bertz CT molecular complexity index is 371. The molecule has 2 nitrogen and oxygen atoms in total. The second-order valence-corrected chi connectivity index (χ2v) is 4.58. The molecule has 0 unspecified atom stereocenters. The summed E-state index contributed by atoms with van der Waals surface area (Å²) in [5.41, 5.74) is 5.84. The number of anilines is 1. The van der Waals surface area contributed by atoms with Crippen molar-refractivity contribution in [3.8, 4) is 0 Å². The van der Waals surface area contributed by atoms with Gasteiger partial charge in [-0.2, -0.15) is 0 Å². The van der Waals surface area contributed by atoms with Crippen LogP contribution in [-0.4, -0.2) is 26.2 Å². The quantitative estimate of drug-likeness (QED) is 0.824. The van der Waals surface area contributed by atoms with Crippen LogP contribution in [0.15, 0.2) is 12.1 Å². The second-order valence-electron chi connectivity index (χ2n) is 4.58. The molecule has 1 N–H and O–H groups in total. The molecule has 0 amide bonds. The van der Waals surface area contributed by atoms with E-state index in [2.05, 4.69) is 43.1 Å². The summed E-state index contributed by atoms with van der Waals surface area (Å²) in [6.07, 6.45) is 1.13. The van der Waals surface area contributed by atoms with Gasteiger partial charge in [-0.1, -0.05) is 13.0 Å². The Labute approximate surface area is 100 Å². The largest absolute Gasteiger partial charge is 0.369 e. The predicted molar refractivity (Wildman–Crippen MR) is 72.5 cm³/mol. The molecule has 0 spiro atoms. The average Bonchev–Trinajstić information content (AvgIpc) is 2.34. The molecule has 1 heterocycles. The maximum Gasteiger partial charge on any atom is 0.0399 e. The minimum Gasteiger partial charge on any atom is -0.369 e. The maximum absolute atomic E-state index is 3.40. The number of piperazine rings is 1. The normalized spacial score (nSPS) is 16.6. The van der Waals surface area contributed by atoms with Crippen LogP contribution in [-0.2, 0) is 6.42 Å². The Morgan fingerprint density at radius 2 is 1.88 bits per heavy atom. The van der Waals surface area contributed by atoms with Gasteiger partial charge in [0.1, 0.15) is 0 Å². The average molecular weight is 220 g/mol. The Morgan fingerprint density at radius 1 is 1.19 bits per heavy atom. The molecule has 0 saturated carbocycles. The van der Waals surface area contributed by atoms with Crippen molar-refractivity contribution >= 4 is 5.69 Å². The third-order valence-electron chi connectivity index (χ3n) is 3.71. The number of aryl methyl sites for hydroxylation is 1. The first-order valence-corrected chi connectivity index (χ1v) is 6.28. The van der Waals surface area contributed by atoms with E-state index < -0.39 is 0 Å². The Morgan fingerprint density at radius 3 is 2.50 bits per heavy atom. The van der Waals surface area contributed by atoms with Gasteiger partial charge in [-0.15, -0.1) is 0 Å². The van der Waals surface area contributed by atoms with E-state index in [1.165, 1.54) is 22.4 Å². The van der Waals surface area contributed by atoms with Crippen LogP contribution in [0.5, 0.6) is 0 Å². The van der Waals surface area contributed by atoms with Gasteiger partial charge in [0.2, 0.25) is 0 Å². The molecule has 2 rings (SSSR count). The number of nitrogens with one attached hydrogen (secondary N) is 1. The van der Waals surface area contributed by atoms with E-state index in [4.69, 9.17) is 0 Å². The fourth-order valence-electron chi connectivity index (χ4n) is 2.49. The summed E-state index contributed by atoms with van der Waals surface area (Å²) in [7, 11) is 0. The molecule has 0 aliphatic carbocycles. The third-order valence-corrected chi connectivity index (χ3v) is 3.71. The van der Waals surface area contributed by atoms with Crippen LogP contribution in [0.25, 0.3) is 0 Å². The Balaban J connectivity index is 0.00000144. The first-order valence-electron chi connectivity index (χ1n) is 6.28. The van der Waals surface area contributed by atoms with Crippen molar-refractivity contribution in [1.29, 1.82) is 0 Å². The molecule has 16 heavy (non-hydrogen) atoms. The Hall–Kier alpha value is -1.02. The Kier molecular flexibility index (Phi) is 3.49. The molecule has 0 radical (unpaired) electrons. The van der Waals surface area contributed by atoms with Crippen LogP contribution in [0.4, 0.5) is 5.69 Å². The lowest BCUT2D eigenvalue weighted by Crippen LogP contribution is -2.43. The summed E-state index contributed by atoms with van der Waals surface area (Å²) < 4.78 is 0. The third kappa shape index (κ3) is 2.07. The first-order chi connectivity index (χ1) is 7.74. The molecule has 0 atom stereocenters. The highest BCUT2D eigenvalue weighted by Gasteiger charge is 2.14. The first kappa shape index (κ1) is 11.5. The van der Waals surface area contributed by atoms with Crippen molar-refractivity contribution < 1.29 is 1.43 Å². The number of hydrogen-bond acceptors (Lipinski definition) is 2. The van der Waals surface area contributed by atoms with Gasteiger partial charge in [-0.25, -0.2) is 0 Å². The van der Waals surface area contributed by atoms with Gasteiger partial charge in [0, 0.05) is 33.3 Å². The van der Waals surface area contributed by atoms with Gasteiger partial charge in [-0.3, -0.25) is 0 Å². The van der Waals surface area contributed by atoms with Gasteiger partial charge in [0.05, 0.1) is 0 Å². The fourth-order valence-corrected chi connectivity index (χ4v) is 2.49. The van der Waals surface area contributed by atoms with Gasteiger partial charge < -0.3 is 10.2 Å². The highest BCUT2D eigenvalue weighted by molar-refractivity contribution is 5.58. The second kappa shape index (κ2) is 4.88. The van der Waals surface area contributed by atoms with E-state index in [0.717, 1.165) is 32.6 Å². The predicted octanol–water partition coefficient (Wildman–Crippen LogP) is 2.52. The molecule has 1 aromatic carbocycles. The topological polar surface area (TPSA) is 15.3 Å². The summed E-state index contributed by atoms with van der Waals surface area (Å²) in [4.78, 5) is 2.50. The van der Waals surface area contributed by atoms with Crippen molar-refractivity contribution in [1.82, 2.24) is 5.32 Å². The molecular weight excluding hydrogens is 196 g/mol. The summed E-state index contributed by atoms with van der Waals surface area (Å²) in [5, 5.41) is 3.40. The van der Waals surface area contributed by atoms with Crippen LogP contribution in [0, 0.1) is 13.8 Å². The lowest BCUT2D eigenvalue weighted by molar-refractivity contribution is 0.588.